The molecule has 110 valence electrons. The van der Waals surface area contributed by atoms with Crippen LogP contribution in [0.5, 0.6) is 0 Å². The largest absolute Gasteiger partial charge is 0.281 e. The molecule has 0 radical (unpaired) electrons. The second-order valence-electron chi connectivity index (χ2n) is 4.93. The van der Waals surface area contributed by atoms with Crippen molar-refractivity contribution in [2.45, 2.75) is 45.4 Å². The van der Waals surface area contributed by atoms with Gasteiger partial charge in [-0.15, -0.1) is 0 Å². The summed E-state index contributed by atoms with van der Waals surface area (Å²) < 4.78 is 27.4. The summed E-state index contributed by atoms with van der Waals surface area (Å²) >= 11 is 3.49. The molecule has 19 heavy (non-hydrogen) atoms. The molecule has 0 atom stereocenters. The van der Waals surface area contributed by atoms with Gasteiger partial charge in [0.2, 0.25) is 10.0 Å². The molecular formula is C12H22BrN3O2S. The summed E-state index contributed by atoms with van der Waals surface area (Å²) in [6, 6.07) is 0. The Morgan fingerprint density at radius 2 is 1.89 bits per heavy atom. The Hall–Kier alpha value is -0.400. The van der Waals surface area contributed by atoms with Crippen LogP contribution in [-0.4, -0.2) is 30.5 Å². The lowest BCUT2D eigenvalue weighted by molar-refractivity contribution is 0.309. The minimum atomic E-state index is -3.51. The van der Waals surface area contributed by atoms with E-state index in [1.807, 2.05) is 0 Å². The second-order valence-corrected chi connectivity index (χ2v) is 7.19. The number of H-pyrrole nitrogens is 1. The Morgan fingerprint density at radius 3 is 2.26 bits per heavy atom. The maximum Gasteiger partial charge on any atom is 0.244 e. The number of aromatic amines is 1. The van der Waals surface area contributed by atoms with Crippen molar-refractivity contribution in [3.05, 3.63) is 11.4 Å². The summed E-state index contributed by atoms with van der Waals surface area (Å²) in [5.41, 5.74) is 1.03. The molecule has 2 N–H and O–H groups in total. The van der Waals surface area contributed by atoms with Gasteiger partial charge in [0, 0.05) is 11.9 Å². The fraction of sp³-hybridized carbons (Fsp3) is 0.750. The quantitative estimate of drug-likeness (QED) is 0.741. The van der Waals surface area contributed by atoms with Gasteiger partial charge in [-0.25, -0.2) is 13.1 Å². The predicted octanol–water partition coefficient (Wildman–Crippen LogP) is 2.51. The number of aromatic nitrogens is 2. The zero-order valence-corrected chi connectivity index (χ0v) is 14.3. The van der Waals surface area contributed by atoms with Gasteiger partial charge in [0.05, 0.1) is 11.4 Å². The van der Waals surface area contributed by atoms with Crippen molar-refractivity contribution in [3.63, 3.8) is 0 Å². The van der Waals surface area contributed by atoms with Gasteiger partial charge in [0.15, 0.2) is 0 Å². The van der Waals surface area contributed by atoms with Crippen LogP contribution in [0.3, 0.4) is 0 Å². The second kappa shape index (κ2) is 6.37. The van der Waals surface area contributed by atoms with E-state index in [1.165, 1.54) is 0 Å². The molecule has 0 saturated heterocycles. The van der Waals surface area contributed by atoms with Gasteiger partial charge >= 0.3 is 0 Å². The van der Waals surface area contributed by atoms with Gasteiger partial charge in [-0.05, 0) is 32.1 Å². The average molecular weight is 352 g/mol. The van der Waals surface area contributed by atoms with Crippen molar-refractivity contribution >= 4 is 26.0 Å². The molecule has 1 aromatic heterocycles. The smallest absolute Gasteiger partial charge is 0.244 e. The van der Waals surface area contributed by atoms with Crippen LogP contribution in [0.15, 0.2) is 4.90 Å². The number of hydrogen-bond acceptors (Lipinski definition) is 3. The van der Waals surface area contributed by atoms with E-state index in [1.54, 1.807) is 13.8 Å². The molecule has 1 rings (SSSR count). The Morgan fingerprint density at radius 1 is 1.32 bits per heavy atom. The van der Waals surface area contributed by atoms with E-state index in [0.717, 1.165) is 18.2 Å². The SMILES string of the molecule is CCC(CC)(CBr)CNS(=O)(=O)c1c(C)n[nH]c1C. The number of alkyl halides is 1. The molecule has 0 fully saturated rings. The molecule has 0 bridgehead atoms. The molecule has 5 nitrogen and oxygen atoms in total. The number of nitrogens with one attached hydrogen (secondary N) is 2. The molecule has 0 spiro atoms. The maximum absolute atomic E-state index is 12.3. The Bertz CT molecular complexity index is 493. The van der Waals surface area contributed by atoms with Crippen LogP contribution in [0.2, 0.25) is 0 Å². The monoisotopic (exact) mass is 351 g/mol. The molecule has 0 amide bonds. The Kier molecular flexibility index (Phi) is 5.58. The highest BCUT2D eigenvalue weighted by molar-refractivity contribution is 9.09. The first-order valence-electron chi connectivity index (χ1n) is 6.39. The molecule has 1 aromatic rings. The van der Waals surface area contributed by atoms with Crippen LogP contribution in [0.1, 0.15) is 38.1 Å². The first kappa shape index (κ1) is 16.7. The van der Waals surface area contributed by atoms with Gasteiger partial charge in [0.25, 0.3) is 0 Å². The normalized spacial score (nSPS) is 12.9. The van der Waals surface area contributed by atoms with Crippen LogP contribution in [-0.2, 0) is 10.0 Å². The minimum Gasteiger partial charge on any atom is -0.281 e. The number of aryl methyl sites for hydroxylation is 2. The third-order valence-corrected chi connectivity index (χ3v) is 6.60. The highest BCUT2D eigenvalue weighted by Crippen LogP contribution is 2.28. The predicted molar refractivity (Wildman–Crippen MR) is 80.1 cm³/mol. The lowest BCUT2D eigenvalue weighted by Gasteiger charge is -2.29. The van der Waals surface area contributed by atoms with Crippen molar-refractivity contribution in [2.75, 3.05) is 11.9 Å². The molecular weight excluding hydrogens is 330 g/mol. The molecule has 0 aromatic carbocycles. The fourth-order valence-corrected chi connectivity index (χ4v) is 4.51. The van der Waals surface area contributed by atoms with Gasteiger partial charge in [-0.2, -0.15) is 5.10 Å². The van der Waals surface area contributed by atoms with E-state index in [-0.39, 0.29) is 10.3 Å². The molecule has 1 heterocycles. The standard InChI is InChI=1S/C12H22BrN3O2S/c1-5-12(6-2,7-13)8-14-19(17,18)11-9(3)15-16-10(11)4/h14H,5-8H2,1-4H3,(H,15,16). The summed E-state index contributed by atoms with van der Waals surface area (Å²) in [5.74, 6) is 0. The third kappa shape index (κ3) is 3.58. The van der Waals surface area contributed by atoms with Crippen molar-refractivity contribution < 1.29 is 8.42 Å². The molecule has 0 saturated carbocycles. The van der Waals surface area contributed by atoms with Crippen LogP contribution in [0.4, 0.5) is 0 Å². The summed E-state index contributed by atoms with van der Waals surface area (Å²) in [7, 11) is -3.51. The number of halogens is 1. The summed E-state index contributed by atoms with van der Waals surface area (Å²) in [5, 5.41) is 7.41. The van der Waals surface area contributed by atoms with Crippen LogP contribution in [0, 0.1) is 19.3 Å². The zero-order valence-electron chi connectivity index (χ0n) is 11.9. The van der Waals surface area contributed by atoms with Crippen LogP contribution < -0.4 is 4.72 Å². The van der Waals surface area contributed by atoms with Crippen molar-refractivity contribution in [2.24, 2.45) is 5.41 Å². The van der Waals surface area contributed by atoms with E-state index in [2.05, 4.69) is 44.7 Å². The fourth-order valence-electron chi connectivity index (χ4n) is 1.99. The number of sulfonamides is 1. The molecule has 0 aliphatic carbocycles. The minimum absolute atomic E-state index is 0.0430. The molecule has 7 heteroatoms. The zero-order chi connectivity index (χ0) is 14.7. The number of rotatable bonds is 7. The van der Waals surface area contributed by atoms with Crippen LogP contribution >= 0.6 is 15.9 Å². The van der Waals surface area contributed by atoms with Gasteiger partial charge in [0.1, 0.15) is 4.90 Å². The van der Waals surface area contributed by atoms with Gasteiger partial charge in [-0.1, -0.05) is 29.8 Å². The highest BCUT2D eigenvalue weighted by Gasteiger charge is 2.29. The van der Waals surface area contributed by atoms with Gasteiger partial charge in [-0.3, -0.25) is 5.10 Å². The topological polar surface area (TPSA) is 74.8 Å². The van der Waals surface area contributed by atoms with Crippen molar-refractivity contribution in [3.8, 4) is 0 Å². The number of nitrogens with zero attached hydrogens (tertiary/aromatic N) is 1. The number of hydrogen-bond donors (Lipinski definition) is 2. The molecule has 0 aliphatic heterocycles. The first-order valence-corrected chi connectivity index (χ1v) is 8.99. The Labute approximate surface area is 123 Å². The highest BCUT2D eigenvalue weighted by atomic mass is 79.9. The lowest BCUT2D eigenvalue weighted by atomic mass is 9.85. The molecule has 0 aliphatic rings. The summed E-state index contributed by atoms with van der Waals surface area (Å²) in [6.07, 6.45) is 1.83. The van der Waals surface area contributed by atoms with Gasteiger partial charge < -0.3 is 0 Å². The van der Waals surface area contributed by atoms with E-state index in [4.69, 9.17) is 0 Å². The lowest BCUT2D eigenvalue weighted by Crippen LogP contribution is -2.38. The summed E-state index contributed by atoms with van der Waals surface area (Å²) in [6.45, 7) is 7.99. The first-order chi connectivity index (χ1) is 8.82. The summed E-state index contributed by atoms with van der Waals surface area (Å²) in [4.78, 5) is 0.267. The van der Waals surface area contributed by atoms with E-state index in [9.17, 15) is 8.42 Å². The Balaban J connectivity index is 2.93. The molecule has 0 unspecified atom stereocenters. The van der Waals surface area contributed by atoms with Crippen molar-refractivity contribution in [1.29, 1.82) is 0 Å². The van der Waals surface area contributed by atoms with E-state index >= 15 is 0 Å². The van der Waals surface area contributed by atoms with E-state index < -0.39 is 10.0 Å². The van der Waals surface area contributed by atoms with E-state index in [0.29, 0.717) is 17.9 Å². The average Bonchev–Trinajstić information content (AvgIpc) is 2.72. The van der Waals surface area contributed by atoms with Crippen LogP contribution in [0.25, 0.3) is 0 Å². The third-order valence-electron chi connectivity index (χ3n) is 3.75. The maximum atomic E-state index is 12.3. The van der Waals surface area contributed by atoms with Crippen molar-refractivity contribution in [1.82, 2.24) is 14.9 Å².